The second-order valence-electron chi connectivity index (χ2n) is 11.1. The zero-order valence-corrected chi connectivity index (χ0v) is 24.8. The third-order valence-electron chi connectivity index (χ3n) is 5.77. The van der Waals surface area contributed by atoms with Crippen molar-refractivity contribution in [1.29, 1.82) is 0 Å². The van der Waals surface area contributed by atoms with Crippen LogP contribution in [0.25, 0.3) is 11.1 Å². The number of ether oxygens (including phenoxy) is 5. The van der Waals surface area contributed by atoms with E-state index in [4.69, 9.17) is 23.7 Å². The topological polar surface area (TPSA) is 109 Å². The first-order valence-electron chi connectivity index (χ1n) is 12.6. The number of aryl methyl sites for hydroxylation is 1. The van der Waals surface area contributed by atoms with Gasteiger partial charge in [-0.25, -0.2) is 9.59 Å². The Kier molecular flexibility index (Phi) is 9.10. The maximum Gasteiger partial charge on any atom is 0.514 e. The molecule has 0 saturated heterocycles. The van der Waals surface area contributed by atoms with E-state index in [1.165, 1.54) is 26.0 Å². The summed E-state index contributed by atoms with van der Waals surface area (Å²) in [6, 6.07) is 6.31. The van der Waals surface area contributed by atoms with E-state index in [2.05, 4.69) is 5.32 Å². The molecule has 2 aromatic carbocycles. The predicted octanol–water partition coefficient (Wildman–Crippen LogP) is 6.28. The molecule has 9 nitrogen and oxygen atoms in total. The SMILES string of the molecule is COc1c(OC(=O)OC(C)(C)C)cc2c(c1OC)-c1ccc(SC)c(=O)cc1C(NC(=O)OC(C)(C)C)CC2. The summed E-state index contributed by atoms with van der Waals surface area (Å²) in [5.74, 6) is 0.666. The highest BCUT2D eigenvalue weighted by Gasteiger charge is 2.32. The summed E-state index contributed by atoms with van der Waals surface area (Å²) >= 11 is 1.34. The van der Waals surface area contributed by atoms with Gasteiger partial charge < -0.3 is 29.0 Å². The van der Waals surface area contributed by atoms with Crippen molar-refractivity contribution in [2.45, 2.75) is 76.5 Å². The number of benzene rings is 1. The van der Waals surface area contributed by atoms with Gasteiger partial charge in [0.1, 0.15) is 11.2 Å². The van der Waals surface area contributed by atoms with Crippen LogP contribution in [-0.2, 0) is 15.9 Å². The molecule has 1 amide bonds. The van der Waals surface area contributed by atoms with Crippen molar-refractivity contribution in [3.63, 3.8) is 0 Å². The fourth-order valence-corrected chi connectivity index (χ4v) is 4.82. The minimum Gasteiger partial charge on any atom is -0.492 e. The van der Waals surface area contributed by atoms with Crippen LogP contribution in [0.2, 0.25) is 0 Å². The highest BCUT2D eigenvalue weighted by molar-refractivity contribution is 7.98. The summed E-state index contributed by atoms with van der Waals surface area (Å²) in [5.41, 5.74) is 1.15. The van der Waals surface area contributed by atoms with Crippen molar-refractivity contribution in [3.05, 3.63) is 45.6 Å². The van der Waals surface area contributed by atoms with Crippen LogP contribution in [-0.4, -0.2) is 43.9 Å². The van der Waals surface area contributed by atoms with Crippen molar-refractivity contribution in [2.24, 2.45) is 0 Å². The maximum absolute atomic E-state index is 13.1. The minimum atomic E-state index is -0.881. The number of alkyl carbamates (subject to hydrolysis) is 1. The van der Waals surface area contributed by atoms with Gasteiger partial charge in [-0.3, -0.25) is 4.79 Å². The standard InChI is InChI=1S/C29H37NO8S/c1-28(2,3)37-26(32)30-19-12-10-16-14-21(36-27(33)38-29(4,5)6)24(34-7)25(35-8)23(16)17-11-13-22(39-9)20(31)15-18(17)19/h11,13-15,19H,10,12H2,1-9H3,(H,30,32). The third kappa shape index (κ3) is 7.38. The van der Waals surface area contributed by atoms with Gasteiger partial charge in [-0.1, -0.05) is 6.07 Å². The lowest BCUT2D eigenvalue weighted by Crippen LogP contribution is -2.35. The van der Waals surface area contributed by atoms with Gasteiger partial charge in [0.25, 0.3) is 0 Å². The fraction of sp³-hybridized carbons (Fsp3) is 0.483. The smallest absolute Gasteiger partial charge is 0.492 e. The molecule has 1 unspecified atom stereocenters. The highest BCUT2D eigenvalue weighted by atomic mass is 32.2. The lowest BCUT2D eigenvalue weighted by Gasteiger charge is -2.23. The normalized spacial score (nSPS) is 14.7. The molecule has 0 aliphatic heterocycles. The van der Waals surface area contributed by atoms with Crippen molar-refractivity contribution >= 4 is 24.0 Å². The molecular formula is C29H37NO8S. The summed E-state index contributed by atoms with van der Waals surface area (Å²) in [4.78, 5) is 39.0. The number of methoxy groups -OCH3 is 2. The summed E-state index contributed by atoms with van der Waals surface area (Å²) in [6.45, 7) is 10.6. The van der Waals surface area contributed by atoms with Gasteiger partial charge in [0.05, 0.1) is 25.2 Å². The molecule has 39 heavy (non-hydrogen) atoms. The predicted molar refractivity (Wildman–Crippen MR) is 150 cm³/mol. The number of carbonyl (C=O) groups is 2. The lowest BCUT2D eigenvalue weighted by atomic mass is 9.95. The van der Waals surface area contributed by atoms with Crippen LogP contribution >= 0.6 is 11.8 Å². The number of rotatable bonds is 5. The van der Waals surface area contributed by atoms with E-state index in [0.29, 0.717) is 40.2 Å². The Labute approximate surface area is 233 Å². The van der Waals surface area contributed by atoms with Gasteiger partial charge in [-0.2, -0.15) is 0 Å². The Morgan fingerprint density at radius 3 is 2.15 bits per heavy atom. The lowest BCUT2D eigenvalue weighted by molar-refractivity contribution is 0.0199. The van der Waals surface area contributed by atoms with E-state index in [9.17, 15) is 14.4 Å². The van der Waals surface area contributed by atoms with Crippen LogP contribution in [0.3, 0.4) is 0 Å². The van der Waals surface area contributed by atoms with E-state index in [1.807, 2.05) is 12.3 Å². The zero-order valence-electron chi connectivity index (χ0n) is 24.0. The largest absolute Gasteiger partial charge is 0.514 e. The molecule has 0 spiro atoms. The maximum atomic E-state index is 13.1. The van der Waals surface area contributed by atoms with Crippen molar-refractivity contribution in [3.8, 4) is 28.4 Å². The number of fused-ring (bicyclic) bond motifs is 3. The quantitative estimate of drug-likeness (QED) is 0.257. The summed E-state index contributed by atoms with van der Waals surface area (Å²) in [5, 5.41) is 2.94. The number of nitrogens with one attached hydrogen (secondary N) is 1. The first-order chi connectivity index (χ1) is 18.2. The fourth-order valence-electron chi connectivity index (χ4n) is 4.35. The van der Waals surface area contributed by atoms with E-state index in [1.54, 1.807) is 59.7 Å². The van der Waals surface area contributed by atoms with Crippen LogP contribution in [0.15, 0.2) is 34.0 Å². The average Bonchev–Trinajstić information content (AvgIpc) is 3.04. The number of carbonyl (C=O) groups excluding carboxylic acids is 2. The molecule has 0 saturated carbocycles. The van der Waals surface area contributed by atoms with E-state index >= 15 is 0 Å². The van der Waals surface area contributed by atoms with Crippen LogP contribution in [0.5, 0.6) is 17.2 Å². The molecule has 2 aromatic rings. The molecule has 0 bridgehead atoms. The second-order valence-corrected chi connectivity index (χ2v) is 11.9. The molecule has 0 aromatic heterocycles. The van der Waals surface area contributed by atoms with Crippen LogP contribution in [0.4, 0.5) is 9.59 Å². The first kappa shape index (κ1) is 30.1. The van der Waals surface area contributed by atoms with E-state index < -0.39 is 29.5 Å². The molecular weight excluding hydrogens is 522 g/mol. The van der Waals surface area contributed by atoms with Crippen molar-refractivity contribution < 1.29 is 33.3 Å². The molecule has 1 aliphatic carbocycles. The molecule has 0 heterocycles. The van der Waals surface area contributed by atoms with Gasteiger partial charge in [0.15, 0.2) is 16.9 Å². The molecule has 1 aliphatic rings. The van der Waals surface area contributed by atoms with Gasteiger partial charge >= 0.3 is 12.2 Å². The van der Waals surface area contributed by atoms with Crippen LogP contribution in [0.1, 0.15) is 65.1 Å². The number of amides is 1. The Bertz CT molecular complexity index is 1310. The van der Waals surface area contributed by atoms with E-state index in [0.717, 1.165) is 5.56 Å². The molecule has 212 valence electrons. The second kappa shape index (κ2) is 11.8. The van der Waals surface area contributed by atoms with Crippen molar-refractivity contribution in [1.82, 2.24) is 5.32 Å². The Morgan fingerprint density at radius 2 is 1.59 bits per heavy atom. The summed E-state index contributed by atoms with van der Waals surface area (Å²) < 4.78 is 27.9. The third-order valence-corrected chi connectivity index (χ3v) is 6.55. The van der Waals surface area contributed by atoms with Crippen LogP contribution in [0, 0.1) is 0 Å². The van der Waals surface area contributed by atoms with Gasteiger partial charge in [0.2, 0.25) is 5.75 Å². The monoisotopic (exact) mass is 559 g/mol. The first-order valence-corrected chi connectivity index (χ1v) is 13.8. The summed E-state index contributed by atoms with van der Waals surface area (Å²) in [7, 11) is 2.94. The average molecular weight is 560 g/mol. The number of hydrogen-bond donors (Lipinski definition) is 1. The molecule has 10 heteroatoms. The number of hydrogen-bond acceptors (Lipinski definition) is 9. The molecule has 0 radical (unpaired) electrons. The van der Waals surface area contributed by atoms with Gasteiger partial charge in [-0.05, 0) is 95.5 Å². The Morgan fingerprint density at radius 1 is 0.949 bits per heavy atom. The number of thioether (sulfide) groups is 1. The highest BCUT2D eigenvalue weighted by Crippen LogP contribution is 2.50. The van der Waals surface area contributed by atoms with Gasteiger partial charge in [-0.15, -0.1) is 11.8 Å². The van der Waals surface area contributed by atoms with Gasteiger partial charge in [0, 0.05) is 5.56 Å². The zero-order chi connectivity index (χ0) is 29.1. The molecule has 3 rings (SSSR count). The molecule has 1 N–H and O–H groups in total. The Hall–Kier alpha value is -3.40. The Balaban J connectivity index is 2.23. The minimum absolute atomic E-state index is 0.136. The van der Waals surface area contributed by atoms with Crippen LogP contribution < -0.4 is 25.0 Å². The summed E-state index contributed by atoms with van der Waals surface area (Å²) in [6.07, 6.45) is 1.26. The van der Waals surface area contributed by atoms with E-state index in [-0.39, 0.29) is 16.9 Å². The molecule has 1 atom stereocenters. The van der Waals surface area contributed by atoms with Crippen molar-refractivity contribution in [2.75, 3.05) is 20.5 Å². The molecule has 0 fully saturated rings.